The highest BCUT2D eigenvalue weighted by molar-refractivity contribution is 5.58. The van der Waals surface area contributed by atoms with Gasteiger partial charge in [0, 0.05) is 30.6 Å². The summed E-state index contributed by atoms with van der Waals surface area (Å²) in [6.45, 7) is 3.47. The summed E-state index contributed by atoms with van der Waals surface area (Å²) in [6.07, 6.45) is 3.78. The first kappa shape index (κ1) is 14.6. The fraction of sp³-hybridized carbons (Fsp3) is 0.444. The second-order valence-corrected chi connectivity index (χ2v) is 6.42. The molecule has 3 atom stereocenters. The maximum atomic E-state index is 13.3. The highest BCUT2D eigenvalue weighted by Gasteiger charge is 2.33. The number of ether oxygens (including phenoxy) is 1. The molecule has 2 saturated heterocycles. The molecule has 1 aromatic heterocycles. The Balaban J connectivity index is 1.46. The first-order valence-corrected chi connectivity index (χ1v) is 8.26. The lowest BCUT2D eigenvalue weighted by atomic mass is 9.87. The summed E-state index contributed by atoms with van der Waals surface area (Å²) in [5.74, 6) is 0.894. The summed E-state index contributed by atoms with van der Waals surface area (Å²) in [6, 6.07) is 10.1. The van der Waals surface area contributed by atoms with Crippen molar-refractivity contribution >= 4 is 0 Å². The molecule has 0 spiro atoms. The fourth-order valence-corrected chi connectivity index (χ4v) is 3.64. The molecule has 2 aromatic rings. The molecule has 0 saturated carbocycles. The quantitative estimate of drug-likeness (QED) is 0.872. The molecular formula is C18H20FN3O. The smallest absolute Gasteiger partial charge is 0.233 e. The Bertz CT molecular complexity index is 676. The molecule has 120 valence electrons. The Kier molecular flexibility index (Phi) is 3.95. The molecule has 3 heterocycles. The fourth-order valence-electron chi connectivity index (χ4n) is 3.64. The van der Waals surface area contributed by atoms with E-state index in [1.165, 1.54) is 31.5 Å². The number of hydrogen-bond acceptors (Lipinski definition) is 4. The molecule has 0 amide bonds. The molecule has 0 aliphatic carbocycles. The summed E-state index contributed by atoms with van der Waals surface area (Å²) in [4.78, 5) is 2.52. The van der Waals surface area contributed by atoms with Gasteiger partial charge in [-0.05, 0) is 44.0 Å². The summed E-state index contributed by atoms with van der Waals surface area (Å²) < 4.78 is 19.4. The molecule has 2 fully saturated rings. The number of hydrogen-bond donors (Lipinski definition) is 0. The van der Waals surface area contributed by atoms with Gasteiger partial charge < -0.3 is 9.64 Å². The van der Waals surface area contributed by atoms with Gasteiger partial charge in [-0.15, -0.1) is 10.2 Å². The van der Waals surface area contributed by atoms with Crippen molar-refractivity contribution < 1.29 is 9.13 Å². The molecule has 0 N–H and O–H groups in total. The second-order valence-electron chi connectivity index (χ2n) is 6.42. The SMILES string of the molecule is Fc1cccc(-c2ccc(OC3CCN4CCCC3C4)nn2)c1. The van der Waals surface area contributed by atoms with E-state index in [1.54, 1.807) is 6.07 Å². The molecule has 23 heavy (non-hydrogen) atoms. The van der Waals surface area contributed by atoms with E-state index in [9.17, 15) is 4.39 Å². The molecule has 2 aliphatic rings. The standard InChI is InChI=1S/C18H20FN3O/c19-15-5-1-3-13(11-15)16-6-7-18(21-20-16)23-17-8-10-22-9-2-4-14(17)12-22/h1,3,5-7,11,14,17H,2,4,8-10,12H2. The highest BCUT2D eigenvalue weighted by atomic mass is 19.1. The summed E-state index contributed by atoms with van der Waals surface area (Å²) >= 11 is 0. The van der Waals surface area contributed by atoms with E-state index in [-0.39, 0.29) is 11.9 Å². The molecule has 2 aliphatic heterocycles. The Morgan fingerprint density at radius 2 is 2.04 bits per heavy atom. The average Bonchev–Trinajstić information content (AvgIpc) is 2.59. The third kappa shape index (κ3) is 3.20. The molecule has 5 heteroatoms. The first-order valence-electron chi connectivity index (χ1n) is 8.26. The lowest BCUT2D eigenvalue weighted by Gasteiger charge is -2.42. The maximum Gasteiger partial charge on any atom is 0.233 e. The summed E-state index contributed by atoms with van der Waals surface area (Å²) in [5.41, 5.74) is 1.38. The first-order chi connectivity index (χ1) is 11.3. The number of nitrogens with zero attached hydrogens (tertiary/aromatic N) is 3. The van der Waals surface area contributed by atoms with Gasteiger partial charge in [-0.25, -0.2) is 4.39 Å². The van der Waals surface area contributed by atoms with Crippen molar-refractivity contribution in [3.05, 3.63) is 42.2 Å². The van der Waals surface area contributed by atoms with Gasteiger partial charge in [0.25, 0.3) is 0 Å². The monoisotopic (exact) mass is 313 g/mol. The molecule has 3 unspecified atom stereocenters. The predicted molar refractivity (Wildman–Crippen MR) is 85.6 cm³/mol. The minimum Gasteiger partial charge on any atom is -0.473 e. The van der Waals surface area contributed by atoms with Crippen molar-refractivity contribution in [1.82, 2.24) is 15.1 Å². The van der Waals surface area contributed by atoms with Crippen LogP contribution in [0.2, 0.25) is 0 Å². The molecule has 2 bridgehead atoms. The zero-order chi connectivity index (χ0) is 15.6. The average molecular weight is 313 g/mol. The van der Waals surface area contributed by atoms with E-state index in [1.807, 2.05) is 18.2 Å². The highest BCUT2D eigenvalue weighted by Crippen LogP contribution is 2.29. The third-order valence-electron chi connectivity index (χ3n) is 4.83. The number of rotatable bonds is 3. The van der Waals surface area contributed by atoms with E-state index in [0.717, 1.165) is 25.1 Å². The van der Waals surface area contributed by atoms with Crippen molar-refractivity contribution in [3.8, 4) is 17.1 Å². The Labute approximate surface area is 135 Å². The topological polar surface area (TPSA) is 38.2 Å². The number of aromatic nitrogens is 2. The summed E-state index contributed by atoms with van der Waals surface area (Å²) in [5, 5.41) is 8.36. The van der Waals surface area contributed by atoms with Crippen LogP contribution in [-0.4, -0.2) is 40.8 Å². The van der Waals surface area contributed by atoms with Crippen LogP contribution in [0.1, 0.15) is 19.3 Å². The van der Waals surface area contributed by atoms with Crippen molar-refractivity contribution in [2.45, 2.75) is 25.4 Å². The van der Waals surface area contributed by atoms with Gasteiger partial charge in [0.1, 0.15) is 11.9 Å². The van der Waals surface area contributed by atoms with Crippen LogP contribution in [0.25, 0.3) is 11.3 Å². The van der Waals surface area contributed by atoms with E-state index in [4.69, 9.17) is 4.74 Å². The lowest BCUT2D eigenvalue weighted by Crippen LogP contribution is -2.49. The number of fused-ring (bicyclic) bond motifs is 2. The van der Waals surface area contributed by atoms with Gasteiger partial charge in [0.15, 0.2) is 0 Å². The van der Waals surface area contributed by atoms with Crippen LogP contribution in [0.3, 0.4) is 0 Å². The number of piperidine rings is 2. The van der Waals surface area contributed by atoms with Crippen LogP contribution < -0.4 is 4.74 Å². The Morgan fingerprint density at radius 1 is 1.09 bits per heavy atom. The van der Waals surface area contributed by atoms with Gasteiger partial charge in [0.2, 0.25) is 5.88 Å². The van der Waals surface area contributed by atoms with Crippen molar-refractivity contribution in [2.24, 2.45) is 5.92 Å². The van der Waals surface area contributed by atoms with Gasteiger partial charge >= 0.3 is 0 Å². The number of benzene rings is 1. The van der Waals surface area contributed by atoms with Gasteiger partial charge in [0.05, 0.1) is 5.69 Å². The molecule has 1 aromatic carbocycles. The van der Waals surface area contributed by atoms with Crippen molar-refractivity contribution in [2.75, 3.05) is 19.6 Å². The molecule has 0 radical (unpaired) electrons. The predicted octanol–water partition coefficient (Wildman–Crippen LogP) is 3.15. The van der Waals surface area contributed by atoms with Crippen LogP contribution in [0.5, 0.6) is 5.88 Å². The molecule has 4 rings (SSSR count). The largest absolute Gasteiger partial charge is 0.473 e. The van der Waals surface area contributed by atoms with E-state index < -0.39 is 0 Å². The van der Waals surface area contributed by atoms with Crippen LogP contribution >= 0.6 is 0 Å². The van der Waals surface area contributed by atoms with E-state index in [2.05, 4.69) is 15.1 Å². The summed E-state index contributed by atoms with van der Waals surface area (Å²) in [7, 11) is 0. The third-order valence-corrected chi connectivity index (χ3v) is 4.83. The minimum absolute atomic E-state index is 0.237. The minimum atomic E-state index is -0.270. The van der Waals surface area contributed by atoms with Crippen LogP contribution in [0, 0.1) is 11.7 Å². The van der Waals surface area contributed by atoms with E-state index >= 15 is 0 Å². The Morgan fingerprint density at radius 3 is 2.87 bits per heavy atom. The zero-order valence-corrected chi connectivity index (χ0v) is 13.0. The molecule has 4 nitrogen and oxygen atoms in total. The zero-order valence-electron chi connectivity index (χ0n) is 13.0. The van der Waals surface area contributed by atoms with Crippen molar-refractivity contribution in [3.63, 3.8) is 0 Å². The lowest BCUT2D eigenvalue weighted by molar-refractivity contribution is 0.0123. The van der Waals surface area contributed by atoms with Gasteiger partial charge in [-0.2, -0.15) is 0 Å². The van der Waals surface area contributed by atoms with Gasteiger partial charge in [-0.3, -0.25) is 0 Å². The van der Waals surface area contributed by atoms with Crippen LogP contribution in [0.4, 0.5) is 4.39 Å². The Hall–Kier alpha value is -2.01. The van der Waals surface area contributed by atoms with Gasteiger partial charge in [-0.1, -0.05) is 12.1 Å². The normalized spacial score (nSPS) is 26.7. The van der Waals surface area contributed by atoms with Crippen LogP contribution in [0.15, 0.2) is 36.4 Å². The van der Waals surface area contributed by atoms with E-state index in [0.29, 0.717) is 17.5 Å². The van der Waals surface area contributed by atoms with Crippen molar-refractivity contribution in [1.29, 1.82) is 0 Å². The molecular weight excluding hydrogens is 293 g/mol. The second kappa shape index (κ2) is 6.24. The number of halogens is 1. The van der Waals surface area contributed by atoms with Crippen LogP contribution in [-0.2, 0) is 0 Å². The maximum absolute atomic E-state index is 13.3.